The van der Waals surface area contributed by atoms with Gasteiger partial charge in [0.1, 0.15) is 15.5 Å². The quantitative estimate of drug-likeness (QED) is 0.242. The second-order valence-electron chi connectivity index (χ2n) is 9.04. The molecule has 5 aromatic rings. The summed E-state index contributed by atoms with van der Waals surface area (Å²) in [6, 6.07) is 21.4. The Labute approximate surface area is 224 Å². The van der Waals surface area contributed by atoms with E-state index in [9.17, 15) is 4.79 Å². The molecule has 2 heterocycles. The first-order valence-electron chi connectivity index (χ1n) is 11.8. The number of carbonyl (C=O) groups excluding carboxylic acids is 1. The Bertz CT molecular complexity index is 1620. The number of aromatic nitrogens is 1. The summed E-state index contributed by atoms with van der Waals surface area (Å²) < 4.78 is 5.31. The van der Waals surface area contributed by atoms with E-state index in [2.05, 4.69) is 17.4 Å². The van der Waals surface area contributed by atoms with Crippen molar-refractivity contribution in [3.63, 3.8) is 0 Å². The van der Waals surface area contributed by atoms with Crippen molar-refractivity contribution in [3.05, 3.63) is 93.3 Å². The van der Waals surface area contributed by atoms with E-state index >= 15 is 0 Å². The molecule has 37 heavy (non-hydrogen) atoms. The van der Waals surface area contributed by atoms with Crippen LogP contribution in [0.1, 0.15) is 26.4 Å². The minimum absolute atomic E-state index is 0.247. The number of nitrogens with zero attached hydrogens (tertiary/aromatic N) is 1. The van der Waals surface area contributed by atoms with Crippen molar-refractivity contribution in [1.29, 1.82) is 0 Å². The van der Waals surface area contributed by atoms with Gasteiger partial charge >= 0.3 is 0 Å². The monoisotopic (exact) mass is 527 g/mol. The number of nitrogens with one attached hydrogen (secondary N) is 1. The lowest BCUT2D eigenvalue weighted by Gasteiger charge is -2.12. The maximum absolute atomic E-state index is 13.5. The Morgan fingerprint density at radius 3 is 2.19 bits per heavy atom. The summed E-state index contributed by atoms with van der Waals surface area (Å²) in [5.41, 5.74) is 14.6. The lowest BCUT2D eigenvalue weighted by Crippen LogP contribution is -2.14. The number of rotatable bonds is 5. The normalized spacial score (nSPS) is 11.1. The highest BCUT2D eigenvalue weighted by Gasteiger charge is 2.22. The van der Waals surface area contributed by atoms with Crippen molar-refractivity contribution in [2.24, 2.45) is 0 Å². The standard InChI is InChI=1S/C30H26ClN3O2S/c1-16-13-17(2)27(18(3)14-16)34-29(35)28-26(32)25-23(19-5-9-21(31)10-6-19)15-24(33-30(25)37-28)20-7-11-22(36-4)12-8-20/h5-15H,32H2,1-4H3,(H,34,35). The van der Waals surface area contributed by atoms with Crippen LogP contribution in [-0.4, -0.2) is 18.0 Å². The number of thiophene rings is 1. The predicted octanol–water partition coefficient (Wildman–Crippen LogP) is 8.05. The minimum Gasteiger partial charge on any atom is -0.497 e. The molecule has 7 heteroatoms. The summed E-state index contributed by atoms with van der Waals surface area (Å²) in [4.78, 5) is 19.5. The number of methoxy groups -OCH3 is 1. The van der Waals surface area contributed by atoms with Crippen molar-refractivity contribution < 1.29 is 9.53 Å². The SMILES string of the molecule is COc1ccc(-c2cc(-c3ccc(Cl)cc3)c3c(N)c(C(=O)Nc4c(C)cc(C)cc4C)sc3n2)cc1. The number of pyridine rings is 1. The number of nitrogens with two attached hydrogens (primary N) is 1. The highest BCUT2D eigenvalue weighted by atomic mass is 35.5. The minimum atomic E-state index is -0.247. The van der Waals surface area contributed by atoms with Crippen molar-refractivity contribution in [2.45, 2.75) is 20.8 Å². The Hall–Kier alpha value is -3.87. The van der Waals surface area contributed by atoms with Gasteiger partial charge in [0.2, 0.25) is 0 Å². The van der Waals surface area contributed by atoms with Gasteiger partial charge in [-0.15, -0.1) is 11.3 Å². The summed E-state index contributed by atoms with van der Waals surface area (Å²) in [5, 5.41) is 4.48. The number of carbonyl (C=O) groups is 1. The highest BCUT2D eigenvalue weighted by molar-refractivity contribution is 7.21. The Morgan fingerprint density at radius 1 is 0.946 bits per heavy atom. The molecule has 3 aromatic carbocycles. The van der Waals surface area contributed by atoms with Gasteiger partial charge in [-0.25, -0.2) is 4.98 Å². The molecule has 3 N–H and O–H groups in total. The zero-order valence-electron chi connectivity index (χ0n) is 21.0. The van der Waals surface area contributed by atoms with Crippen LogP contribution < -0.4 is 15.8 Å². The van der Waals surface area contributed by atoms with Crippen LogP contribution >= 0.6 is 22.9 Å². The number of benzene rings is 3. The van der Waals surface area contributed by atoms with Gasteiger partial charge in [0, 0.05) is 21.7 Å². The first-order chi connectivity index (χ1) is 17.7. The number of hydrogen-bond donors (Lipinski definition) is 2. The van der Waals surface area contributed by atoms with Crippen molar-refractivity contribution in [2.75, 3.05) is 18.2 Å². The molecule has 0 aliphatic heterocycles. The Kier molecular flexibility index (Phi) is 6.63. The average molecular weight is 528 g/mol. The molecule has 0 saturated heterocycles. The second-order valence-corrected chi connectivity index (χ2v) is 10.5. The first-order valence-corrected chi connectivity index (χ1v) is 13.0. The summed E-state index contributed by atoms with van der Waals surface area (Å²) >= 11 is 7.46. The molecule has 2 aromatic heterocycles. The fourth-order valence-corrected chi connectivity index (χ4v) is 5.74. The van der Waals surface area contributed by atoms with Gasteiger partial charge in [-0.1, -0.05) is 41.4 Å². The molecule has 0 bridgehead atoms. The van der Waals surface area contributed by atoms with E-state index in [1.807, 2.05) is 75.4 Å². The van der Waals surface area contributed by atoms with Crippen LogP contribution in [0.25, 0.3) is 32.6 Å². The van der Waals surface area contributed by atoms with E-state index in [1.54, 1.807) is 7.11 Å². The van der Waals surface area contributed by atoms with Crippen LogP contribution in [0.4, 0.5) is 11.4 Å². The van der Waals surface area contributed by atoms with E-state index in [1.165, 1.54) is 11.3 Å². The molecule has 0 atom stereocenters. The van der Waals surface area contributed by atoms with E-state index in [0.717, 1.165) is 55.9 Å². The molecule has 0 fully saturated rings. The maximum Gasteiger partial charge on any atom is 0.267 e. The van der Waals surface area contributed by atoms with Gasteiger partial charge in [0.25, 0.3) is 5.91 Å². The molecule has 1 amide bonds. The van der Waals surface area contributed by atoms with Crippen LogP contribution in [0.3, 0.4) is 0 Å². The molecule has 0 radical (unpaired) electrons. The summed E-state index contributed by atoms with van der Waals surface area (Å²) in [6.45, 7) is 6.02. The topological polar surface area (TPSA) is 77.2 Å². The van der Waals surface area contributed by atoms with Gasteiger partial charge in [-0.2, -0.15) is 0 Å². The summed E-state index contributed by atoms with van der Waals surface area (Å²) in [7, 11) is 1.64. The molecule has 0 aliphatic carbocycles. The molecular weight excluding hydrogens is 502 g/mol. The van der Waals surface area contributed by atoms with E-state index in [-0.39, 0.29) is 5.91 Å². The van der Waals surface area contributed by atoms with Gasteiger partial charge in [0.15, 0.2) is 0 Å². The largest absolute Gasteiger partial charge is 0.497 e. The van der Waals surface area contributed by atoms with Crippen LogP contribution in [0.15, 0.2) is 66.7 Å². The second kappa shape index (κ2) is 9.88. The molecule has 0 saturated carbocycles. The number of aryl methyl sites for hydroxylation is 3. The van der Waals surface area contributed by atoms with Crippen molar-refractivity contribution in [1.82, 2.24) is 4.98 Å². The lowest BCUT2D eigenvalue weighted by atomic mass is 9.99. The number of fused-ring (bicyclic) bond motifs is 1. The van der Waals surface area contributed by atoms with Crippen molar-refractivity contribution in [3.8, 4) is 28.1 Å². The highest BCUT2D eigenvalue weighted by Crippen LogP contribution is 2.42. The van der Waals surface area contributed by atoms with E-state index in [4.69, 9.17) is 27.1 Å². The fraction of sp³-hybridized carbons (Fsp3) is 0.133. The third kappa shape index (κ3) is 4.78. The zero-order valence-corrected chi connectivity index (χ0v) is 22.6. The molecular formula is C30H26ClN3O2S. The molecule has 186 valence electrons. The zero-order chi connectivity index (χ0) is 26.3. The molecule has 0 spiro atoms. The van der Waals surface area contributed by atoms with Gasteiger partial charge < -0.3 is 15.8 Å². The first kappa shape index (κ1) is 24.8. The average Bonchev–Trinajstić information content (AvgIpc) is 3.22. The van der Waals surface area contributed by atoms with Gasteiger partial charge in [-0.05, 0) is 85.5 Å². The number of ether oxygens (including phenoxy) is 1. The maximum atomic E-state index is 13.5. The molecule has 5 nitrogen and oxygen atoms in total. The Morgan fingerprint density at radius 2 is 1.57 bits per heavy atom. The molecule has 0 aliphatic rings. The smallest absolute Gasteiger partial charge is 0.267 e. The van der Waals surface area contributed by atoms with Gasteiger partial charge in [0.05, 0.1) is 18.5 Å². The van der Waals surface area contributed by atoms with Crippen LogP contribution in [0.2, 0.25) is 5.02 Å². The molecule has 0 unspecified atom stereocenters. The van der Waals surface area contributed by atoms with E-state index in [0.29, 0.717) is 20.4 Å². The number of anilines is 2. The lowest BCUT2D eigenvalue weighted by molar-refractivity contribution is 0.103. The Balaban J connectivity index is 1.66. The third-order valence-electron chi connectivity index (χ3n) is 6.36. The number of amides is 1. The molecule has 5 rings (SSSR count). The van der Waals surface area contributed by atoms with Crippen LogP contribution in [-0.2, 0) is 0 Å². The van der Waals surface area contributed by atoms with Crippen LogP contribution in [0.5, 0.6) is 5.75 Å². The summed E-state index contributed by atoms with van der Waals surface area (Å²) in [6.07, 6.45) is 0. The van der Waals surface area contributed by atoms with Crippen LogP contribution in [0, 0.1) is 20.8 Å². The fourth-order valence-electron chi connectivity index (χ4n) is 4.60. The number of nitrogen functional groups attached to an aromatic ring is 1. The van der Waals surface area contributed by atoms with Crippen molar-refractivity contribution >= 4 is 50.4 Å². The van der Waals surface area contributed by atoms with Gasteiger partial charge in [-0.3, -0.25) is 4.79 Å². The number of hydrogen-bond acceptors (Lipinski definition) is 5. The van der Waals surface area contributed by atoms with E-state index < -0.39 is 0 Å². The number of halogens is 1. The third-order valence-corrected chi connectivity index (χ3v) is 7.71. The summed E-state index contributed by atoms with van der Waals surface area (Å²) in [5.74, 6) is 0.521. The predicted molar refractivity (Wildman–Crippen MR) is 155 cm³/mol.